The molecule has 2 aliphatic rings. The van der Waals surface area contributed by atoms with E-state index in [2.05, 4.69) is 15.2 Å². The van der Waals surface area contributed by atoms with Gasteiger partial charge in [0.25, 0.3) is 5.91 Å². The van der Waals surface area contributed by atoms with Crippen LogP contribution in [0.4, 0.5) is 5.82 Å². The molecule has 1 spiro atoms. The molecule has 1 atom stereocenters. The van der Waals surface area contributed by atoms with E-state index in [0.29, 0.717) is 18.8 Å². The van der Waals surface area contributed by atoms with Crippen LogP contribution in [0.3, 0.4) is 0 Å². The Hall–Kier alpha value is -2.44. The maximum atomic E-state index is 12.5. The second-order valence-electron chi connectivity index (χ2n) is 7.11. The standard InChI is InChI=1S/C21H25N3O3/c1-16(17-5-3-2-4-6-17)23-20(25)18-7-8-19(22-15-18)24-11-9-21(10-12-24)26-13-14-27-21/h2-8,15-16H,9-14H2,1H3,(H,23,25). The lowest BCUT2D eigenvalue weighted by atomic mass is 10.0. The Morgan fingerprint density at radius 3 is 2.44 bits per heavy atom. The molecular weight excluding hydrogens is 342 g/mol. The first-order valence-corrected chi connectivity index (χ1v) is 9.50. The van der Waals surface area contributed by atoms with Gasteiger partial charge < -0.3 is 19.7 Å². The quantitative estimate of drug-likeness (QED) is 0.900. The van der Waals surface area contributed by atoms with Gasteiger partial charge in [-0.2, -0.15) is 0 Å². The van der Waals surface area contributed by atoms with Crippen molar-refractivity contribution in [3.05, 3.63) is 59.8 Å². The van der Waals surface area contributed by atoms with Crippen molar-refractivity contribution in [3.8, 4) is 0 Å². The summed E-state index contributed by atoms with van der Waals surface area (Å²) in [6.07, 6.45) is 3.33. The molecule has 142 valence electrons. The lowest BCUT2D eigenvalue weighted by molar-refractivity contribution is -0.169. The Balaban J connectivity index is 1.35. The Bertz CT molecular complexity index is 763. The van der Waals surface area contributed by atoms with Crippen LogP contribution >= 0.6 is 0 Å². The topological polar surface area (TPSA) is 63.7 Å². The first-order chi connectivity index (χ1) is 13.2. The molecule has 0 bridgehead atoms. The highest BCUT2D eigenvalue weighted by atomic mass is 16.7. The van der Waals surface area contributed by atoms with E-state index in [1.165, 1.54) is 0 Å². The lowest BCUT2D eigenvalue weighted by Gasteiger charge is -2.38. The molecule has 3 heterocycles. The highest BCUT2D eigenvalue weighted by Crippen LogP contribution is 2.32. The van der Waals surface area contributed by atoms with Crippen molar-refractivity contribution in [3.63, 3.8) is 0 Å². The fourth-order valence-corrected chi connectivity index (χ4v) is 3.67. The molecule has 0 radical (unpaired) electrons. The largest absolute Gasteiger partial charge is 0.356 e. The first kappa shape index (κ1) is 17.9. The summed E-state index contributed by atoms with van der Waals surface area (Å²) in [5, 5.41) is 3.02. The smallest absolute Gasteiger partial charge is 0.253 e. The number of hydrogen-bond donors (Lipinski definition) is 1. The molecule has 1 amide bonds. The molecule has 1 aromatic carbocycles. The summed E-state index contributed by atoms with van der Waals surface area (Å²) in [6, 6.07) is 13.6. The van der Waals surface area contributed by atoms with Crippen molar-refractivity contribution in [1.82, 2.24) is 10.3 Å². The number of piperidine rings is 1. The number of rotatable bonds is 4. The van der Waals surface area contributed by atoms with Gasteiger partial charge >= 0.3 is 0 Å². The van der Waals surface area contributed by atoms with Gasteiger partial charge in [0.05, 0.1) is 24.8 Å². The van der Waals surface area contributed by atoms with Crippen LogP contribution in [0.15, 0.2) is 48.7 Å². The fourth-order valence-electron chi connectivity index (χ4n) is 3.67. The number of amides is 1. The van der Waals surface area contributed by atoms with Gasteiger partial charge in [-0.3, -0.25) is 4.79 Å². The zero-order chi connectivity index (χ0) is 18.7. The molecule has 6 nitrogen and oxygen atoms in total. The number of pyridine rings is 1. The average molecular weight is 367 g/mol. The van der Waals surface area contributed by atoms with E-state index in [1.54, 1.807) is 6.20 Å². The minimum absolute atomic E-state index is 0.0527. The average Bonchev–Trinajstić information content (AvgIpc) is 3.17. The highest BCUT2D eigenvalue weighted by molar-refractivity contribution is 5.94. The molecular formula is C21H25N3O3. The third-order valence-electron chi connectivity index (χ3n) is 5.32. The van der Waals surface area contributed by atoms with Gasteiger partial charge in [0, 0.05) is 32.1 Å². The van der Waals surface area contributed by atoms with Crippen molar-refractivity contribution in [2.75, 3.05) is 31.2 Å². The van der Waals surface area contributed by atoms with E-state index in [4.69, 9.17) is 9.47 Å². The summed E-state index contributed by atoms with van der Waals surface area (Å²) in [4.78, 5) is 19.2. The summed E-state index contributed by atoms with van der Waals surface area (Å²) < 4.78 is 11.5. The predicted molar refractivity (Wildman–Crippen MR) is 103 cm³/mol. The van der Waals surface area contributed by atoms with Crippen LogP contribution < -0.4 is 10.2 Å². The van der Waals surface area contributed by atoms with E-state index in [-0.39, 0.29) is 17.7 Å². The molecule has 2 aliphatic heterocycles. The summed E-state index contributed by atoms with van der Waals surface area (Å²) >= 11 is 0. The highest BCUT2D eigenvalue weighted by Gasteiger charge is 2.40. The zero-order valence-corrected chi connectivity index (χ0v) is 15.6. The Kier molecular flexibility index (Phi) is 5.09. The van der Waals surface area contributed by atoms with Gasteiger partial charge in [-0.05, 0) is 24.6 Å². The van der Waals surface area contributed by atoms with Crippen molar-refractivity contribution in [1.29, 1.82) is 0 Å². The fraction of sp³-hybridized carbons (Fsp3) is 0.429. The third-order valence-corrected chi connectivity index (χ3v) is 5.32. The van der Waals surface area contributed by atoms with Crippen LogP contribution in [-0.4, -0.2) is 43.0 Å². The summed E-state index contributed by atoms with van der Waals surface area (Å²) in [5.41, 5.74) is 1.64. The number of benzene rings is 1. The van der Waals surface area contributed by atoms with Crippen LogP contribution in [0, 0.1) is 0 Å². The van der Waals surface area contributed by atoms with Crippen LogP contribution in [0.25, 0.3) is 0 Å². The molecule has 2 fully saturated rings. The molecule has 1 N–H and O–H groups in total. The van der Waals surface area contributed by atoms with Crippen LogP contribution in [0.2, 0.25) is 0 Å². The van der Waals surface area contributed by atoms with E-state index in [0.717, 1.165) is 37.3 Å². The molecule has 0 saturated carbocycles. The number of anilines is 1. The van der Waals surface area contributed by atoms with Gasteiger partial charge in [0.2, 0.25) is 0 Å². The monoisotopic (exact) mass is 367 g/mol. The minimum Gasteiger partial charge on any atom is -0.356 e. The molecule has 1 aromatic heterocycles. The van der Waals surface area contributed by atoms with E-state index < -0.39 is 0 Å². The zero-order valence-electron chi connectivity index (χ0n) is 15.6. The Morgan fingerprint density at radius 2 is 1.81 bits per heavy atom. The SMILES string of the molecule is CC(NC(=O)c1ccc(N2CCC3(CC2)OCCO3)nc1)c1ccccc1. The van der Waals surface area contributed by atoms with Gasteiger partial charge in [-0.25, -0.2) is 4.98 Å². The van der Waals surface area contributed by atoms with Crippen LogP contribution in [0.1, 0.15) is 41.7 Å². The summed E-state index contributed by atoms with van der Waals surface area (Å²) in [7, 11) is 0. The number of aromatic nitrogens is 1. The molecule has 4 rings (SSSR count). The summed E-state index contributed by atoms with van der Waals surface area (Å²) in [6.45, 7) is 5.02. The first-order valence-electron chi connectivity index (χ1n) is 9.50. The number of carbonyl (C=O) groups is 1. The van der Waals surface area contributed by atoms with E-state index >= 15 is 0 Å². The number of hydrogen-bond acceptors (Lipinski definition) is 5. The van der Waals surface area contributed by atoms with E-state index in [9.17, 15) is 4.79 Å². The normalized spacial score (nSPS) is 19.8. The van der Waals surface area contributed by atoms with Gasteiger partial charge in [-0.15, -0.1) is 0 Å². The van der Waals surface area contributed by atoms with E-state index in [1.807, 2.05) is 49.4 Å². The predicted octanol–water partition coefficient (Wildman–Crippen LogP) is 2.92. The van der Waals surface area contributed by atoms with Crippen LogP contribution in [0.5, 0.6) is 0 Å². The van der Waals surface area contributed by atoms with Gasteiger partial charge in [0.15, 0.2) is 5.79 Å². The number of nitrogens with zero attached hydrogens (tertiary/aromatic N) is 2. The number of nitrogens with one attached hydrogen (secondary N) is 1. The van der Waals surface area contributed by atoms with Crippen molar-refractivity contribution in [2.24, 2.45) is 0 Å². The van der Waals surface area contributed by atoms with Crippen LogP contribution in [-0.2, 0) is 9.47 Å². The lowest BCUT2D eigenvalue weighted by Crippen LogP contribution is -2.45. The number of carbonyl (C=O) groups excluding carboxylic acids is 1. The van der Waals surface area contributed by atoms with Crippen molar-refractivity contribution < 1.29 is 14.3 Å². The Labute approximate surface area is 159 Å². The Morgan fingerprint density at radius 1 is 1.11 bits per heavy atom. The molecule has 2 saturated heterocycles. The molecule has 2 aromatic rings. The molecule has 6 heteroatoms. The second-order valence-corrected chi connectivity index (χ2v) is 7.11. The van der Waals surface area contributed by atoms with Crippen molar-refractivity contribution >= 4 is 11.7 Å². The molecule has 0 aliphatic carbocycles. The third kappa shape index (κ3) is 3.96. The van der Waals surface area contributed by atoms with Crippen molar-refractivity contribution in [2.45, 2.75) is 31.6 Å². The summed E-state index contributed by atoms with van der Waals surface area (Å²) in [5.74, 6) is 0.385. The maximum absolute atomic E-state index is 12.5. The number of ether oxygens (including phenoxy) is 2. The van der Waals surface area contributed by atoms with Gasteiger partial charge in [0.1, 0.15) is 5.82 Å². The molecule has 1 unspecified atom stereocenters. The maximum Gasteiger partial charge on any atom is 0.253 e. The minimum atomic E-state index is -0.385. The molecule has 27 heavy (non-hydrogen) atoms. The van der Waals surface area contributed by atoms with Gasteiger partial charge in [-0.1, -0.05) is 30.3 Å². The second kappa shape index (κ2) is 7.66.